The van der Waals surface area contributed by atoms with E-state index in [1.807, 2.05) is 48.5 Å². The van der Waals surface area contributed by atoms with Gasteiger partial charge in [-0.05, 0) is 52.2 Å². The van der Waals surface area contributed by atoms with Gasteiger partial charge in [0.05, 0.1) is 0 Å². The summed E-state index contributed by atoms with van der Waals surface area (Å²) in [6.07, 6.45) is -0.306. The van der Waals surface area contributed by atoms with Crippen LogP contribution in [0.2, 0.25) is 0 Å². The number of furan rings is 2. The fourth-order valence-electron chi connectivity index (χ4n) is 7.01. The van der Waals surface area contributed by atoms with Crippen LogP contribution >= 0.6 is 0 Å². The van der Waals surface area contributed by atoms with Crippen molar-refractivity contribution in [3.63, 3.8) is 0 Å². The van der Waals surface area contributed by atoms with E-state index in [4.69, 9.17) is 18.8 Å². The molecule has 0 aliphatic carbocycles. The van der Waals surface area contributed by atoms with Crippen LogP contribution in [-0.2, 0) is 0 Å². The number of aliphatic imine (C=N–C) groups is 2. The van der Waals surface area contributed by atoms with Gasteiger partial charge >= 0.3 is 0 Å². The molecule has 0 saturated carbocycles. The Bertz CT molecular complexity index is 2770. The van der Waals surface area contributed by atoms with Crippen LogP contribution in [0, 0.1) is 0 Å². The fourth-order valence-corrected chi connectivity index (χ4v) is 7.01. The van der Waals surface area contributed by atoms with Crippen molar-refractivity contribution in [1.82, 2.24) is 5.32 Å². The molecule has 226 valence electrons. The van der Waals surface area contributed by atoms with Gasteiger partial charge in [0.1, 0.15) is 34.3 Å². The van der Waals surface area contributed by atoms with Crippen molar-refractivity contribution in [2.45, 2.75) is 6.17 Å². The van der Waals surface area contributed by atoms with Crippen LogP contribution < -0.4 is 5.32 Å². The minimum Gasteiger partial charge on any atom is -0.456 e. The topological polar surface area (TPSA) is 63.0 Å². The van der Waals surface area contributed by atoms with E-state index in [9.17, 15) is 0 Å². The molecule has 2 aromatic heterocycles. The van der Waals surface area contributed by atoms with Gasteiger partial charge in [-0.3, -0.25) is 0 Å². The molecule has 0 fully saturated rings. The molecule has 3 heterocycles. The van der Waals surface area contributed by atoms with Gasteiger partial charge < -0.3 is 14.2 Å². The van der Waals surface area contributed by atoms with E-state index >= 15 is 0 Å². The minimum atomic E-state index is -0.306. The normalized spacial score (nSPS) is 14.9. The molecule has 9 aromatic rings. The maximum absolute atomic E-state index is 6.66. The van der Waals surface area contributed by atoms with Crippen molar-refractivity contribution in [2.75, 3.05) is 0 Å². The molecule has 1 N–H and O–H groups in total. The summed E-state index contributed by atoms with van der Waals surface area (Å²) in [6, 6.07) is 52.2. The zero-order valence-electron chi connectivity index (χ0n) is 25.7. The highest BCUT2D eigenvalue weighted by Crippen LogP contribution is 2.40. The van der Waals surface area contributed by atoms with Crippen LogP contribution in [0.4, 0.5) is 0 Å². The molecule has 0 amide bonds. The molecule has 1 aliphatic rings. The van der Waals surface area contributed by atoms with Crippen molar-refractivity contribution in [1.29, 1.82) is 0 Å². The molecule has 0 bridgehead atoms. The summed E-state index contributed by atoms with van der Waals surface area (Å²) in [6.45, 7) is 0. The molecule has 1 unspecified atom stereocenters. The van der Waals surface area contributed by atoms with Crippen molar-refractivity contribution in [3.05, 3.63) is 168 Å². The van der Waals surface area contributed by atoms with Crippen LogP contribution in [0.15, 0.2) is 170 Å². The van der Waals surface area contributed by atoms with E-state index in [2.05, 4.69) is 108 Å². The number of rotatable bonds is 4. The largest absolute Gasteiger partial charge is 0.456 e. The third kappa shape index (κ3) is 4.25. The Morgan fingerprint density at radius 1 is 0.500 bits per heavy atom. The summed E-state index contributed by atoms with van der Waals surface area (Å²) in [7, 11) is 0. The van der Waals surface area contributed by atoms with Crippen molar-refractivity contribution >= 4 is 66.3 Å². The van der Waals surface area contributed by atoms with E-state index < -0.39 is 0 Å². The van der Waals surface area contributed by atoms with Gasteiger partial charge in [0, 0.05) is 38.2 Å². The van der Waals surface area contributed by atoms with Gasteiger partial charge in [0.15, 0.2) is 5.84 Å². The van der Waals surface area contributed by atoms with Crippen molar-refractivity contribution in [3.8, 4) is 11.1 Å². The van der Waals surface area contributed by atoms with E-state index in [0.29, 0.717) is 5.84 Å². The maximum atomic E-state index is 6.66. The standard InChI is InChI=1S/C43H27N3O2/c1-2-11-27(12-3-1)41-44-42(30-21-20-26-10-4-5-13-28(26)24-30)46-43(45-41)35-17-9-19-37-39(35)34-16-8-15-31(40(34)48-37)29-22-23-33-32-14-6-7-18-36(32)47-38(33)25-29/h1-25,41H,(H,44,45,46). The summed E-state index contributed by atoms with van der Waals surface area (Å²) in [5, 5.41) is 10.2. The first-order valence-corrected chi connectivity index (χ1v) is 16.1. The van der Waals surface area contributed by atoms with Gasteiger partial charge in [-0.25, -0.2) is 9.98 Å². The molecule has 48 heavy (non-hydrogen) atoms. The summed E-state index contributed by atoms with van der Waals surface area (Å²) in [5.41, 5.74) is 8.40. The molecule has 0 saturated heterocycles. The van der Waals surface area contributed by atoms with Crippen LogP contribution in [0.3, 0.4) is 0 Å². The first-order chi connectivity index (χ1) is 23.8. The highest BCUT2D eigenvalue weighted by Gasteiger charge is 2.24. The second-order valence-electron chi connectivity index (χ2n) is 12.2. The second-order valence-corrected chi connectivity index (χ2v) is 12.2. The molecule has 1 aliphatic heterocycles. The molecular weight excluding hydrogens is 590 g/mol. The lowest BCUT2D eigenvalue weighted by Crippen LogP contribution is -2.33. The predicted octanol–water partition coefficient (Wildman–Crippen LogP) is 10.8. The maximum Gasteiger partial charge on any atom is 0.160 e. The van der Waals surface area contributed by atoms with Gasteiger partial charge in [-0.1, -0.05) is 121 Å². The highest BCUT2D eigenvalue weighted by atomic mass is 16.3. The van der Waals surface area contributed by atoms with Crippen molar-refractivity contribution in [2.24, 2.45) is 9.98 Å². The van der Waals surface area contributed by atoms with Crippen LogP contribution in [0.25, 0.3) is 65.8 Å². The van der Waals surface area contributed by atoms with Crippen LogP contribution in [-0.4, -0.2) is 11.7 Å². The molecule has 5 nitrogen and oxygen atoms in total. The summed E-state index contributed by atoms with van der Waals surface area (Å²) < 4.78 is 12.9. The number of hydrogen-bond donors (Lipinski definition) is 1. The number of nitrogens with one attached hydrogen (secondary N) is 1. The molecule has 0 spiro atoms. The molecule has 10 rings (SSSR count). The van der Waals surface area contributed by atoms with Crippen LogP contribution in [0.5, 0.6) is 0 Å². The predicted molar refractivity (Wildman–Crippen MR) is 196 cm³/mol. The number of fused-ring (bicyclic) bond motifs is 7. The average molecular weight is 618 g/mol. The number of benzene rings is 7. The Kier molecular flexibility index (Phi) is 5.87. The molecular formula is C43H27N3O2. The Morgan fingerprint density at radius 2 is 1.23 bits per heavy atom. The smallest absolute Gasteiger partial charge is 0.160 e. The molecule has 0 radical (unpaired) electrons. The Balaban J connectivity index is 1.15. The minimum absolute atomic E-state index is 0.306. The fraction of sp³-hybridized carbons (Fsp3) is 0.0233. The molecule has 5 heteroatoms. The Labute approximate surface area is 275 Å². The lowest BCUT2D eigenvalue weighted by molar-refractivity contribution is 0.668. The SMILES string of the molecule is c1ccc(C2N=C(c3cccc4oc5c(-c6ccc7c(c6)oc6ccccc67)cccc5c34)N=C(c3ccc4ccccc4c3)N2)cc1. The van der Waals surface area contributed by atoms with E-state index in [-0.39, 0.29) is 6.17 Å². The number of amidine groups is 2. The average Bonchev–Trinajstić information content (AvgIpc) is 3.73. The third-order valence-electron chi connectivity index (χ3n) is 9.33. The van der Waals surface area contributed by atoms with E-state index in [0.717, 1.165) is 82.9 Å². The first-order valence-electron chi connectivity index (χ1n) is 16.1. The number of nitrogens with zero attached hydrogens (tertiary/aromatic N) is 2. The highest BCUT2D eigenvalue weighted by molar-refractivity contribution is 6.23. The van der Waals surface area contributed by atoms with E-state index in [1.165, 1.54) is 5.39 Å². The molecule has 7 aromatic carbocycles. The van der Waals surface area contributed by atoms with Gasteiger partial charge in [0.2, 0.25) is 0 Å². The lowest BCUT2D eigenvalue weighted by atomic mass is 9.99. The number of para-hydroxylation sites is 2. The zero-order valence-corrected chi connectivity index (χ0v) is 25.7. The van der Waals surface area contributed by atoms with E-state index in [1.54, 1.807) is 0 Å². The monoisotopic (exact) mass is 617 g/mol. The van der Waals surface area contributed by atoms with Gasteiger partial charge in [-0.15, -0.1) is 0 Å². The second kappa shape index (κ2) is 10.5. The zero-order chi connectivity index (χ0) is 31.6. The van der Waals surface area contributed by atoms with Crippen molar-refractivity contribution < 1.29 is 8.83 Å². The first kappa shape index (κ1) is 26.7. The van der Waals surface area contributed by atoms with Gasteiger partial charge in [0.25, 0.3) is 0 Å². The Hall–Kier alpha value is -6.46. The summed E-state index contributed by atoms with van der Waals surface area (Å²) >= 11 is 0. The molecule has 1 atom stereocenters. The lowest BCUT2D eigenvalue weighted by Gasteiger charge is -2.24. The summed E-state index contributed by atoms with van der Waals surface area (Å²) in [4.78, 5) is 10.4. The van der Waals surface area contributed by atoms with Gasteiger partial charge in [-0.2, -0.15) is 0 Å². The number of hydrogen-bond acceptors (Lipinski definition) is 5. The van der Waals surface area contributed by atoms with Crippen LogP contribution in [0.1, 0.15) is 22.9 Å². The quantitative estimate of drug-likeness (QED) is 0.214. The summed E-state index contributed by atoms with van der Waals surface area (Å²) in [5.74, 6) is 1.44. The Morgan fingerprint density at radius 3 is 2.17 bits per heavy atom. The third-order valence-corrected chi connectivity index (χ3v) is 9.33.